The molecule has 2 aliphatic carbocycles. The summed E-state index contributed by atoms with van der Waals surface area (Å²) in [4.78, 5) is 33.5. The van der Waals surface area contributed by atoms with Crippen molar-refractivity contribution in [3.63, 3.8) is 0 Å². The van der Waals surface area contributed by atoms with Crippen LogP contribution in [0.4, 0.5) is 0 Å². The van der Waals surface area contributed by atoms with Crippen molar-refractivity contribution < 1.29 is 22.7 Å². The maximum absolute atomic E-state index is 13.8. The molecule has 5 aliphatic rings. The second kappa shape index (κ2) is 9.08. The Morgan fingerprint density at radius 1 is 1.21 bits per heavy atom. The summed E-state index contributed by atoms with van der Waals surface area (Å²) in [7, 11) is -3.70. The summed E-state index contributed by atoms with van der Waals surface area (Å²) in [6.45, 7) is 5.77. The monoisotopic (exact) mass is 550 g/mol. The largest absolute Gasteiger partial charge is 0.488 e. The summed E-state index contributed by atoms with van der Waals surface area (Å²) >= 11 is 0. The summed E-state index contributed by atoms with van der Waals surface area (Å²) in [6, 6.07) is 6.92. The molecule has 9 nitrogen and oxygen atoms in total. The maximum atomic E-state index is 13.8. The van der Waals surface area contributed by atoms with Gasteiger partial charge in [-0.15, -0.1) is 0 Å². The third kappa shape index (κ3) is 4.02. The molecule has 3 N–H and O–H groups in total. The maximum Gasteiger partial charge on any atom is 0.232 e. The van der Waals surface area contributed by atoms with Gasteiger partial charge in [0, 0.05) is 6.42 Å². The van der Waals surface area contributed by atoms with Crippen molar-refractivity contribution in [2.75, 3.05) is 5.75 Å². The quantitative estimate of drug-likeness (QED) is 0.595. The number of carbonyl (C=O) groups is 2. The third-order valence-electron chi connectivity index (χ3n) is 9.12. The van der Waals surface area contributed by atoms with Crippen LogP contribution in [0.3, 0.4) is 0 Å². The van der Waals surface area contributed by atoms with Crippen LogP contribution in [0.15, 0.2) is 63.2 Å². The summed E-state index contributed by atoms with van der Waals surface area (Å²) in [5, 5.41) is 3.16. The number of sulfone groups is 1. The van der Waals surface area contributed by atoms with E-state index in [-0.39, 0.29) is 53.4 Å². The van der Waals surface area contributed by atoms with Crippen molar-refractivity contribution in [1.82, 2.24) is 10.2 Å². The van der Waals surface area contributed by atoms with Gasteiger partial charge in [0.1, 0.15) is 11.9 Å². The van der Waals surface area contributed by atoms with Gasteiger partial charge < -0.3 is 15.8 Å². The molecule has 3 heterocycles. The van der Waals surface area contributed by atoms with E-state index in [9.17, 15) is 18.0 Å². The molecule has 1 fully saturated rings. The van der Waals surface area contributed by atoms with Gasteiger partial charge >= 0.3 is 0 Å². The Morgan fingerprint density at radius 2 is 1.95 bits per heavy atom. The van der Waals surface area contributed by atoms with E-state index >= 15 is 0 Å². The van der Waals surface area contributed by atoms with Crippen molar-refractivity contribution in [3.05, 3.63) is 69.4 Å². The van der Waals surface area contributed by atoms with Gasteiger partial charge in [-0.25, -0.2) is 13.4 Å². The lowest BCUT2D eigenvalue weighted by molar-refractivity contribution is -0.131. The zero-order chi connectivity index (χ0) is 27.7. The molecule has 0 spiro atoms. The number of carbonyl (C=O) groups excluding carboxylic acids is 2. The number of nitrogens with one attached hydrogen (secondary N) is 1. The van der Waals surface area contributed by atoms with Crippen molar-refractivity contribution in [1.29, 1.82) is 0 Å². The molecular formula is C29H34N4O5S. The molecule has 6 rings (SSSR count). The Hall–Kier alpha value is -3.40. The number of benzene rings is 1. The molecule has 1 aromatic carbocycles. The van der Waals surface area contributed by atoms with Gasteiger partial charge in [-0.3, -0.25) is 14.5 Å². The molecule has 2 bridgehead atoms. The number of rotatable bonds is 3. The minimum atomic E-state index is -3.70. The zero-order valence-electron chi connectivity index (χ0n) is 22.4. The Balaban J connectivity index is 1.45. The molecule has 0 radical (unpaired) electrons. The van der Waals surface area contributed by atoms with Crippen molar-refractivity contribution >= 4 is 27.6 Å². The number of allylic oxidation sites excluding steroid dienone is 1. The number of ether oxygens (including phenoxy) is 1. The van der Waals surface area contributed by atoms with Crippen LogP contribution in [0.25, 0.3) is 0 Å². The van der Waals surface area contributed by atoms with Crippen LogP contribution < -0.4 is 11.1 Å². The number of fused-ring (bicyclic) bond motifs is 5. The van der Waals surface area contributed by atoms with Gasteiger partial charge in [0.25, 0.3) is 0 Å². The minimum Gasteiger partial charge on any atom is -0.488 e. The smallest absolute Gasteiger partial charge is 0.232 e. The normalized spacial score (nSPS) is 30.7. The SMILES string of the molecule is CCC1(CC)CC(=O)N([C@H]2CCS(=O)(=O)C3=CC4=C(C)C(C=C32)C(=O)N[C@@H]2c3ccccc3C[C@H]2O4)C(N)=N1. The lowest BCUT2D eigenvalue weighted by Gasteiger charge is -2.42. The van der Waals surface area contributed by atoms with Crippen molar-refractivity contribution in [2.45, 2.75) is 76.6 Å². The van der Waals surface area contributed by atoms with E-state index in [0.29, 0.717) is 36.2 Å². The van der Waals surface area contributed by atoms with E-state index < -0.39 is 27.3 Å². The lowest BCUT2D eigenvalue weighted by Crippen LogP contribution is -2.57. The third-order valence-corrected chi connectivity index (χ3v) is 10.9. The molecule has 2 amide bonds. The molecule has 1 unspecified atom stereocenters. The van der Waals surface area contributed by atoms with E-state index in [2.05, 4.69) is 5.32 Å². The lowest BCUT2D eigenvalue weighted by atomic mass is 9.86. The van der Waals surface area contributed by atoms with E-state index in [4.69, 9.17) is 15.5 Å². The molecule has 4 atom stereocenters. The average molecular weight is 551 g/mol. The summed E-state index contributed by atoms with van der Waals surface area (Å²) in [5.41, 5.74) is 9.01. The first-order valence-electron chi connectivity index (χ1n) is 13.7. The number of nitrogens with two attached hydrogens (primary N) is 1. The number of amides is 2. The van der Waals surface area contributed by atoms with Gasteiger partial charge in [0.15, 0.2) is 15.8 Å². The fraction of sp³-hybridized carbons (Fsp3) is 0.483. The highest BCUT2D eigenvalue weighted by molar-refractivity contribution is 7.95. The van der Waals surface area contributed by atoms with E-state index in [1.165, 1.54) is 4.90 Å². The van der Waals surface area contributed by atoms with Crippen LogP contribution in [0.5, 0.6) is 0 Å². The number of hydrogen-bond acceptors (Lipinski definition) is 7. The number of aliphatic imine (C=N–C) groups is 1. The standard InChI is InChI=1S/C29H34N4O5S/c1-4-29(5-2)15-25(34)33(28(30)32-29)21-10-11-39(36,37)24-14-22-16(3)19(13-20(21)24)27(35)31-26-18-9-7-6-8-17(18)12-23(26)38-22/h6-9,13-14,19,21,23,26H,4-5,10-12,15H2,1-3H3,(H2,30,32)(H,31,35)/t19?,21-,23+,26+/m0/s1. The fourth-order valence-corrected chi connectivity index (χ4v) is 8.27. The van der Waals surface area contributed by atoms with Crippen LogP contribution in [0.1, 0.15) is 63.6 Å². The Bertz CT molecular complexity index is 1500. The number of guanidine groups is 1. The second-order valence-electron chi connectivity index (χ2n) is 11.2. The number of hydrogen-bond donors (Lipinski definition) is 2. The van der Waals surface area contributed by atoms with Crippen LogP contribution in [-0.4, -0.2) is 54.5 Å². The summed E-state index contributed by atoms with van der Waals surface area (Å²) < 4.78 is 33.4. The highest BCUT2D eigenvalue weighted by atomic mass is 32.2. The highest BCUT2D eigenvalue weighted by Crippen LogP contribution is 2.43. The summed E-state index contributed by atoms with van der Waals surface area (Å²) in [6.07, 6.45) is 5.22. The van der Waals surface area contributed by atoms with E-state index in [1.54, 1.807) is 19.1 Å². The van der Waals surface area contributed by atoms with E-state index in [0.717, 1.165) is 11.1 Å². The summed E-state index contributed by atoms with van der Waals surface area (Å²) in [5.74, 6) is -0.835. The molecule has 3 aliphatic heterocycles. The van der Waals surface area contributed by atoms with Gasteiger partial charge in [0.05, 0.1) is 40.6 Å². The molecule has 10 heteroatoms. The van der Waals surface area contributed by atoms with Crippen LogP contribution in [0.2, 0.25) is 0 Å². The highest BCUT2D eigenvalue weighted by Gasteiger charge is 2.47. The Labute approximate surface area is 228 Å². The first-order valence-corrected chi connectivity index (χ1v) is 15.3. The predicted molar refractivity (Wildman–Crippen MR) is 147 cm³/mol. The molecule has 206 valence electrons. The van der Waals surface area contributed by atoms with E-state index in [1.807, 2.05) is 38.1 Å². The van der Waals surface area contributed by atoms with Gasteiger partial charge in [-0.05, 0) is 54.5 Å². The second-order valence-corrected chi connectivity index (χ2v) is 13.2. The van der Waals surface area contributed by atoms with Gasteiger partial charge in [-0.2, -0.15) is 0 Å². The molecule has 1 aromatic rings. The number of nitrogens with zero attached hydrogens (tertiary/aromatic N) is 2. The van der Waals surface area contributed by atoms with Crippen LogP contribution >= 0.6 is 0 Å². The fourth-order valence-electron chi connectivity index (χ4n) is 6.67. The van der Waals surface area contributed by atoms with Crippen molar-refractivity contribution in [3.8, 4) is 0 Å². The van der Waals surface area contributed by atoms with Crippen LogP contribution in [0, 0.1) is 5.92 Å². The molecule has 1 saturated heterocycles. The first kappa shape index (κ1) is 25.9. The van der Waals surface area contributed by atoms with Gasteiger partial charge in [-0.1, -0.05) is 44.2 Å². The Morgan fingerprint density at radius 3 is 2.67 bits per heavy atom. The molecular weight excluding hydrogens is 516 g/mol. The molecule has 0 aromatic heterocycles. The van der Waals surface area contributed by atoms with Crippen molar-refractivity contribution in [2.24, 2.45) is 16.6 Å². The average Bonchev–Trinajstić information content (AvgIpc) is 3.14. The van der Waals surface area contributed by atoms with Crippen LogP contribution in [-0.2, 0) is 30.6 Å². The van der Waals surface area contributed by atoms with Gasteiger partial charge in [0.2, 0.25) is 11.8 Å². The topological polar surface area (TPSA) is 131 Å². The first-order chi connectivity index (χ1) is 18.6. The minimum absolute atomic E-state index is 0.0841. The zero-order valence-corrected chi connectivity index (χ0v) is 23.3. The Kier molecular flexibility index (Phi) is 6.02. The molecule has 39 heavy (non-hydrogen) atoms. The molecule has 0 saturated carbocycles. The predicted octanol–water partition coefficient (Wildman–Crippen LogP) is 2.81.